The highest BCUT2D eigenvalue weighted by Crippen LogP contribution is 2.29. The number of aliphatic hydroxyl groups is 1. The van der Waals surface area contributed by atoms with E-state index in [-0.39, 0.29) is 19.2 Å². The SMILES string of the molecule is O=S1(=O)N(CCO)CC2CCCCN21. The normalized spacial score (nSPS) is 33.1. The van der Waals surface area contributed by atoms with Gasteiger partial charge >= 0.3 is 0 Å². The van der Waals surface area contributed by atoms with Crippen molar-refractivity contribution >= 4 is 10.2 Å². The zero-order chi connectivity index (χ0) is 10.2. The zero-order valence-corrected chi connectivity index (χ0v) is 8.91. The summed E-state index contributed by atoms with van der Waals surface area (Å²) in [5.41, 5.74) is 0. The number of aliphatic hydroxyl groups excluding tert-OH is 1. The lowest BCUT2D eigenvalue weighted by Crippen LogP contribution is -2.39. The first-order valence-electron chi connectivity index (χ1n) is 5.04. The summed E-state index contributed by atoms with van der Waals surface area (Å²) in [7, 11) is -3.24. The van der Waals surface area contributed by atoms with E-state index in [4.69, 9.17) is 5.11 Å². The van der Waals surface area contributed by atoms with E-state index in [2.05, 4.69) is 0 Å². The first-order chi connectivity index (χ1) is 6.66. The number of hydrogen-bond donors (Lipinski definition) is 1. The van der Waals surface area contributed by atoms with Crippen molar-refractivity contribution in [2.45, 2.75) is 25.3 Å². The van der Waals surface area contributed by atoms with Gasteiger partial charge in [0.1, 0.15) is 0 Å². The van der Waals surface area contributed by atoms with Gasteiger partial charge in [-0.1, -0.05) is 6.42 Å². The molecule has 1 atom stereocenters. The fraction of sp³-hybridized carbons (Fsp3) is 1.00. The highest BCUT2D eigenvalue weighted by atomic mass is 32.2. The molecule has 2 aliphatic heterocycles. The lowest BCUT2D eigenvalue weighted by molar-refractivity contribution is 0.245. The van der Waals surface area contributed by atoms with E-state index in [1.807, 2.05) is 0 Å². The molecule has 0 aromatic rings. The molecule has 0 aromatic carbocycles. The molecule has 0 amide bonds. The molecule has 2 fully saturated rings. The van der Waals surface area contributed by atoms with Crippen LogP contribution in [0.3, 0.4) is 0 Å². The summed E-state index contributed by atoms with van der Waals surface area (Å²) >= 11 is 0. The third-order valence-electron chi connectivity index (χ3n) is 2.96. The molecule has 1 N–H and O–H groups in total. The van der Waals surface area contributed by atoms with Crippen molar-refractivity contribution in [1.29, 1.82) is 0 Å². The van der Waals surface area contributed by atoms with Gasteiger partial charge in [-0.15, -0.1) is 0 Å². The molecule has 0 radical (unpaired) electrons. The van der Waals surface area contributed by atoms with Crippen LogP contribution >= 0.6 is 0 Å². The number of piperidine rings is 1. The Hall–Kier alpha value is -0.170. The van der Waals surface area contributed by atoms with Crippen LogP contribution in [0.5, 0.6) is 0 Å². The van der Waals surface area contributed by atoms with Crippen molar-refractivity contribution in [3.8, 4) is 0 Å². The van der Waals surface area contributed by atoms with E-state index in [9.17, 15) is 8.42 Å². The predicted molar refractivity (Wildman–Crippen MR) is 51.9 cm³/mol. The number of hydrogen-bond acceptors (Lipinski definition) is 3. The summed E-state index contributed by atoms with van der Waals surface area (Å²) in [6.07, 6.45) is 3.04. The molecule has 2 rings (SSSR count). The topological polar surface area (TPSA) is 60.9 Å². The standard InChI is InChI=1S/C8H16N2O3S/c11-6-5-9-7-8-3-1-2-4-10(8)14(9,12)13/h8,11H,1-7H2. The van der Waals surface area contributed by atoms with Crippen LogP contribution in [0.2, 0.25) is 0 Å². The fourth-order valence-electron chi connectivity index (χ4n) is 2.26. The van der Waals surface area contributed by atoms with Crippen molar-refractivity contribution in [2.75, 3.05) is 26.2 Å². The maximum Gasteiger partial charge on any atom is 0.282 e. The van der Waals surface area contributed by atoms with Gasteiger partial charge in [0.05, 0.1) is 6.61 Å². The quantitative estimate of drug-likeness (QED) is 0.675. The minimum Gasteiger partial charge on any atom is -0.395 e. The van der Waals surface area contributed by atoms with Gasteiger partial charge in [-0.25, -0.2) is 0 Å². The van der Waals surface area contributed by atoms with Crippen molar-refractivity contribution < 1.29 is 13.5 Å². The molecule has 0 bridgehead atoms. The van der Waals surface area contributed by atoms with Crippen LogP contribution in [0.4, 0.5) is 0 Å². The molecule has 2 saturated heterocycles. The predicted octanol–water partition coefficient (Wildman–Crippen LogP) is -0.606. The molecular weight excluding hydrogens is 204 g/mol. The van der Waals surface area contributed by atoms with Gasteiger partial charge in [-0.3, -0.25) is 0 Å². The van der Waals surface area contributed by atoms with Crippen molar-refractivity contribution in [2.24, 2.45) is 0 Å². The Balaban J connectivity index is 2.18. The largest absolute Gasteiger partial charge is 0.395 e. The Morgan fingerprint density at radius 3 is 2.79 bits per heavy atom. The Kier molecular flexibility index (Phi) is 2.79. The molecule has 1 unspecified atom stereocenters. The van der Waals surface area contributed by atoms with Gasteiger partial charge in [0.2, 0.25) is 0 Å². The summed E-state index contributed by atoms with van der Waals surface area (Å²) in [6, 6.07) is 0.153. The molecule has 14 heavy (non-hydrogen) atoms. The second-order valence-corrected chi connectivity index (χ2v) is 5.73. The molecule has 0 aromatic heterocycles. The maximum atomic E-state index is 11.9. The zero-order valence-electron chi connectivity index (χ0n) is 8.09. The highest BCUT2D eigenvalue weighted by molar-refractivity contribution is 7.87. The third kappa shape index (κ3) is 1.56. The minimum absolute atomic E-state index is 0.0974. The molecule has 2 aliphatic rings. The Morgan fingerprint density at radius 2 is 2.14 bits per heavy atom. The summed E-state index contributed by atoms with van der Waals surface area (Å²) < 4.78 is 26.7. The van der Waals surface area contributed by atoms with Gasteiger partial charge in [0.15, 0.2) is 0 Å². The maximum absolute atomic E-state index is 11.9. The molecule has 82 valence electrons. The summed E-state index contributed by atoms with van der Waals surface area (Å²) in [5, 5.41) is 8.77. The first-order valence-corrected chi connectivity index (χ1v) is 6.44. The van der Waals surface area contributed by atoms with Crippen LogP contribution in [0, 0.1) is 0 Å². The van der Waals surface area contributed by atoms with Crippen molar-refractivity contribution in [1.82, 2.24) is 8.61 Å². The highest BCUT2D eigenvalue weighted by Gasteiger charge is 2.44. The molecule has 0 spiro atoms. The number of fused-ring (bicyclic) bond motifs is 1. The molecule has 2 heterocycles. The van der Waals surface area contributed by atoms with Gasteiger partial charge < -0.3 is 5.11 Å². The fourth-order valence-corrected chi connectivity index (χ4v) is 4.13. The van der Waals surface area contributed by atoms with E-state index < -0.39 is 10.2 Å². The van der Waals surface area contributed by atoms with Crippen molar-refractivity contribution in [3.05, 3.63) is 0 Å². The Morgan fingerprint density at radius 1 is 1.36 bits per heavy atom. The average molecular weight is 220 g/mol. The van der Waals surface area contributed by atoms with E-state index in [0.29, 0.717) is 13.1 Å². The lowest BCUT2D eigenvalue weighted by Gasteiger charge is -2.26. The molecule has 0 aliphatic carbocycles. The second-order valence-electron chi connectivity index (χ2n) is 3.85. The van der Waals surface area contributed by atoms with E-state index in [1.54, 1.807) is 4.31 Å². The lowest BCUT2D eigenvalue weighted by atomic mass is 10.1. The number of nitrogens with zero attached hydrogens (tertiary/aromatic N) is 2. The van der Waals surface area contributed by atoms with Gasteiger partial charge in [0.25, 0.3) is 10.2 Å². The van der Waals surface area contributed by atoms with Gasteiger partial charge in [0, 0.05) is 25.7 Å². The first kappa shape index (κ1) is 10.4. The summed E-state index contributed by atoms with van der Waals surface area (Å²) in [5.74, 6) is 0. The molecular formula is C8H16N2O3S. The molecule has 5 nitrogen and oxygen atoms in total. The van der Waals surface area contributed by atoms with Crippen LogP contribution in [0.1, 0.15) is 19.3 Å². The van der Waals surface area contributed by atoms with Crippen molar-refractivity contribution in [3.63, 3.8) is 0 Å². The van der Waals surface area contributed by atoms with Crippen LogP contribution in [-0.2, 0) is 10.2 Å². The molecule has 0 saturated carbocycles. The Bertz CT molecular complexity index is 304. The summed E-state index contributed by atoms with van der Waals surface area (Å²) in [4.78, 5) is 0. The van der Waals surface area contributed by atoms with Crippen LogP contribution < -0.4 is 0 Å². The monoisotopic (exact) mass is 220 g/mol. The average Bonchev–Trinajstić information content (AvgIpc) is 2.41. The minimum atomic E-state index is -3.24. The van der Waals surface area contributed by atoms with Gasteiger partial charge in [-0.05, 0) is 12.8 Å². The van der Waals surface area contributed by atoms with E-state index in [1.165, 1.54) is 4.31 Å². The van der Waals surface area contributed by atoms with Gasteiger partial charge in [-0.2, -0.15) is 17.0 Å². The van der Waals surface area contributed by atoms with E-state index in [0.717, 1.165) is 19.3 Å². The smallest absolute Gasteiger partial charge is 0.282 e. The van der Waals surface area contributed by atoms with E-state index >= 15 is 0 Å². The third-order valence-corrected chi connectivity index (χ3v) is 5.02. The molecule has 6 heteroatoms. The number of β-amino-alcohol motifs (C(OH)–C–C–N with tert-alkyl or cyclic N) is 1. The second kappa shape index (κ2) is 3.77. The van der Waals surface area contributed by atoms with Crippen LogP contribution in [-0.4, -0.2) is 54.4 Å². The summed E-state index contributed by atoms with van der Waals surface area (Å²) in [6.45, 7) is 1.34. The van der Waals surface area contributed by atoms with Crippen LogP contribution in [0.15, 0.2) is 0 Å². The van der Waals surface area contributed by atoms with Crippen LogP contribution in [0.25, 0.3) is 0 Å². The number of rotatable bonds is 2. The Labute approximate surface area is 84.5 Å².